The predicted octanol–water partition coefficient (Wildman–Crippen LogP) is -10.0. The number of azo groups is 2. The number of anilines is 1. The van der Waals surface area contributed by atoms with E-state index in [1.165, 1.54) is 7.11 Å². The number of ether oxygens (including phenoxy) is 3. The van der Waals surface area contributed by atoms with Crippen molar-refractivity contribution in [2.75, 3.05) is 51.8 Å². The Morgan fingerprint density at radius 1 is 0.667 bits per heavy atom. The summed E-state index contributed by atoms with van der Waals surface area (Å²) in [4.78, 5) is -2.37. The molecule has 0 aliphatic carbocycles. The van der Waals surface area contributed by atoms with Crippen molar-refractivity contribution in [1.29, 1.82) is 0 Å². The molecule has 4 aromatic carbocycles. The van der Waals surface area contributed by atoms with Gasteiger partial charge in [-0.2, -0.15) is 4.33 Å². The molecule has 0 saturated heterocycles. The van der Waals surface area contributed by atoms with Crippen LogP contribution in [0.3, 0.4) is 0 Å². The molecule has 0 aliphatic heterocycles. The summed E-state index contributed by atoms with van der Waals surface area (Å²) in [5, 5.41) is 53.3. The van der Waals surface area contributed by atoms with Gasteiger partial charge in [0, 0.05) is 17.5 Å². The summed E-state index contributed by atoms with van der Waals surface area (Å²) in [6.07, 6.45) is 0. The number of nitrogen functional groups attached to an aromatic ring is 1. The molecule has 340 valence electrons. The second-order valence-corrected chi connectivity index (χ2v) is 19.1. The normalized spacial score (nSPS) is 12.0. The van der Waals surface area contributed by atoms with Crippen molar-refractivity contribution in [2.24, 2.45) is 20.5 Å². The van der Waals surface area contributed by atoms with Crippen molar-refractivity contribution in [1.82, 2.24) is 0 Å². The number of nitrogens with zero attached hydrogens (tertiary/aromatic N) is 4. The Hall–Kier alpha value is -0.560. The van der Waals surface area contributed by atoms with E-state index in [2.05, 4.69) is 43.4 Å². The van der Waals surface area contributed by atoms with Gasteiger partial charge in [0.15, 0.2) is 37.7 Å². The van der Waals surface area contributed by atoms with Crippen LogP contribution in [0, 0.1) is 0 Å². The average molecular weight is 1080 g/mol. The van der Waals surface area contributed by atoms with Crippen LogP contribution >= 0.6 is 24.4 Å². The van der Waals surface area contributed by atoms with Gasteiger partial charge < -0.3 is 44.7 Å². The molecular formula is C29H27N5Na4O22S6. The standard InChI is InChI=1S/C29H31N5O22S6.4Na/c1-48-20-5-4-15(59(38,39)9-7-52-62(45,46)47)10-17(20)31-33-19-13-24(61(42,43)44)16-11-23(57-55-53-36)28(29(35)26(16)27(19)30)34-32-18-12-22(50-3)25(14-21(18)49-2)60(40,41)8-6-51-58-56-54-37;;;;/h4-5,10-14,35-37H,6-9,30H2,1-3H3,(H,42,43,44)(H,45,46,47);;;;/q;4*+1/p-4. The number of aromatic hydroxyl groups is 1. The number of phenolic OH excluding ortho intramolecular Hbond substituents is 1. The van der Waals surface area contributed by atoms with Crippen LogP contribution in [0.2, 0.25) is 0 Å². The molecule has 4 aromatic rings. The minimum atomic E-state index is -5.48. The molecule has 0 atom stereocenters. The van der Waals surface area contributed by atoms with Gasteiger partial charge in [-0.05, 0) is 30.3 Å². The largest absolute Gasteiger partial charge is 1.00 e. The van der Waals surface area contributed by atoms with E-state index in [4.69, 9.17) is 24.1 Å². The molecular weight excluding hydrogens is 1050 g/mol. The molecule has 0 saturated carbocycles. The molecule has 0 radical (unpaired) electrons. The first-order valence-electron chi connectivity index (χ1n) is 15.9. The van der Waals surface area contributed by atoms with E-state index in [0.717, 1.165) is 50.6 Å². The summed E-state index contributed by atoms with van der Waals surface area (Å²) in [5.41, 5.74) is 3.96. The van der Waals surface area contributed by atoms with E-state index >= 15 is 0 Å². The fourth-order valence-electron chi connectivity index (χ4n) is 5.02. The second kappa shape index (κ2) is 29.1. The fraction of sp³-hybridized carbons (Fsp3) is 0.241. The SMILES string of the molecule is COc1ccc(S(=O)(=O)CCOS(=O)(=O)[O-])cc1N=Nc1cc(S(=O)(=O)[O-])c2cc(SOO[O-])c(N=Nc3cc(OC)c(S(=O)(=O)CCOSOO[O-])cc3OC)c(O)c2c1N.[Na+].[Na+].[Na+].[Na+]. The Balaban J connectivity index is 0.0000106. The number of hydrogen-bond donors (Lipinski definition) is 2. The first-order chi connectivity index (χ1) is 29.1. The van der Waals surface area contributed by atoms with E-state index in [-0.39, 0.29) is 171 Å². The van der Waals surface area contributed by atoms with E-state index in [0.29, 0.717) is 6.07 Å². The summed E-state index contributed by atoms with van der Waals surface area (Å²) in [6, 6.07) is 6.71. The second-order valence-electron chi connectivity index (χ2n) is 11.3. The van der Waals surface area contributed by atoms with Crippen LogP contribution in [0.25, 0.3) is 10.8 Å². The van der Waals surface area contributed by atoms with Crippen LogP contribution in [0.15, 0.2) is 82.5 Å². The molecule has 0 amide bonds. The molecule has 27 nitrogen and oxygen atoms in total. The van der Waals surface area contributed by atoms with Gasteiger partial charge in [0.1, 0.15) is 55.0 Å². The van der Waals surface area contributed by atoms with Gasteiger partial charge in [-0.15, -0.1) is 24.8 Å². The molecule has 0 spiro atoms. The number of rotatable bonds is 23. The maximum atomic E-state index is 13.1. The van der Waals surface area contributed by atoms with E-state index < -0.39 is 118 Å². The first-order valence-corrected chi connectivity index (χ1v) is 23.4. The van der Waals surface area contributed by atoms with Crippen molar-refractivity contribution < 1.29 is 218 Å². The number of nitrogens with two attached hydrogens (primary N) is 1. The fourth-order valence-corrected chi connectivity index (χ4v) is 9.26. The van der Waals surface area contributed by atoms with Crippen LogP contribution in [-0.2, 0) is 67.3 Å². The van der Waals surface area contributed by atoms with Crippen molar-refractivity contribution in [3.8, 4) is 23.0 Å². The number of sulfone groups is 2. The van der Waals surface area contributed by atoms with Gasteiger partial charge in [-0.25, -0.2) is 33.7 Å². The predicted molar refractivity (Wildman–Crippen MR) is 202 cm³/mol. The minimum Gasteiger partial charge on any atom is -0.744 e. The third-order valence-electron chi connectivity index (χ3n) is 7.69. The Morgan fingerprint density at radius 3 is 1.82 bits per heavy atom. The summed E-state index contributed by atoms with van der Waals surface area (Å²) in [5.74, 6) is -3.27. The molecule has 0 aromatic heterocycles. The topological polar surface area (TPSA) is 408 Å². The number of fused-ring (bicyclic) bond motifs is 1. The summed E-state index contributed by atoms with van der Waals surface area (Å²) in [6.45, 7) is -1.50. The number of hydrogen-bond acceptors (Lipinski definition) is 29. The zero-order valence-corrected chi connectivity index (χ0v) is 48.1. The average Bonchev–Trinajstić information content (AvgIpc) is 3.20. The molecule has 37 heteroatoms. The van der Waals surface area contributed by atoms with E-state index in [9.17, 15) is 58.4 Å². The van der Waals surface area contributed by atoms with Crippen LogP contribution in [0.5, 0.6) is 23.0 Å². The molecule has 3 N–H and O–H groups in total. The van der Waals surface area contributed by atoms with E-state index in [1.54, 1.807) is 0 Å². The first kappa shape index (κ1) is 65.4. The smallest absolute Gasteiger partial charge is 0.744 e. The monoisotopic (exact) mass is 1080 g/mol. The summed E-state index contributed by atoms with van der Waals surface area (Å²) < 4.78 is 155. The molecule has 0 heterocycles. The molecule has 66 heavy (non-hydrogen) atoms. The molecule has 0 unspecified atom stereocenters. The molecule has 0 bridgehead atoms. The van der Waals surface area contributed by atoms with Crippen molar-refractivity contribution in [3.05, 3.63) is 42.5 Å². The Kier molecular flexibility index (Phi) is 28.8. The van der Waals surface area contributed by atoms with Crippen molar-refractivity contribution >= 4 is 104 Å². The van der Waals surface area contributed by atoms with Crippen LogP contribution in [0.1, 0.15) is 0 Å². The molecule has 4 rings (SSSR count). The van der Waals surface area contributed by atoms with Gasteiger partial charge in [0.2, 0.25) is 10.4 Å². The van der Waals surface area contributed by atoms with Gasteiger partial charge >= 0.3 is 118 Å². The number of methoxy groups -OCH3 is 3. The third-order valence-corrected chi connectivity index (χ3v) is 13.4. The van der Waals surface area contributed by atoms with Gasteiger partial charge in [-0.3, -0.25) is 18.4 Å². The maximum Gasteiger partial charge on any atom is 1.00 e. The summed E-state index contributed by atoms with van der Waals surface area (Å²) in [7, 11) is -15.8. The zero-order chi connectivity index (χ0) is 46.0. The van der Waals surface area contributed by atoms with E-state index in [1.807, 2.05) is 0 Å². The Morgan fingerprint density at radius 2 is 1.24 bits per heavy atom. The Labute approximate surface area is 472 Å². The molecule has 0 fully saturated rings. The Bertz CT molecular complexity index is 2830. The zero-order valence-electron chi connectivity index (χ0n) is 35.2. The van der Waals surface area contributed by atoms with Crippen LogP contribution in [0.4, 0.5) is 28.4 Å². The molecule has 0 aliphatic rings. The van der Waals surface area contributed by atoms with Crippen LogP contribution in [-0.4, -0.2) is 93.9 Å². The van der Waals surface area contributed by atoms with Crippen molar-refractivity contribution in [3.63, 3.8) is 0 Å². The van der Waals surface area contributed by atoms with Gasteiger partial charge in [0.25, 0.3) is 0 Å². The maximum absolute atomic E-state index is 13.1. The number of benzene rings is 4. The quantitative estimate of drug-likeness (QED) is 0.00801. The van der Waals surface area contributed by atoms with Crippen LogP contribution < -0.4 is 149 Å². The third kappa shape index (κ3) is 17.6. The van der Waals surface area contributed by atoms with Gasteiger partial charge in [-0.1, -0.05) is 0 Å². The minimum absolute atomic E-state index is 0. The van der Waals surface area contributed by atoms with Crippen molar-refractivity contribution in [2.45, 2.75) is 19.6 Å². The summed E-state index contributed by atoms with van der Waals surface area (Å²) >= 11 is 0.153. The number of phenols is 1. The van der Waals surface area contributed by atoms with Gasteiger partial charge in [0.05, 0.1) is 83.9 Å².